The van der Waals surface area contributed by atoms with Gasteiger partial charge in [-0.1, -0.05) is 12.1 Å². The molecule has 148 valence electrons. The van der Waals surface area contributed by atoms with Crippen molar-refractivity contribution < 1.29 is 26.7 Å². The first kappa shape index (κ1) is 18.9. The summed E-state index contributed by atoms with van der Waals surface area (Å²) in [5, 5.41) is 2.70. The quantitative estimate of drug-likeness (QED) is 0.662. The fourth-order valence-corrected chi connectivity index (χ4v) is 4.13. The van der Waals surface area contributed by atoms with E-state index in [-0.39, 0.29) is 17.0 Å². The Morgan fingerprint density at radius 1 is 0.966 bits per heavy atom. The van der Waals surface area contributed by atoms with E-state index < -0.39 is 32.5 Å². The highest BCUT2D eigenvalue weighted by atomic mass is 32.2. The van der Waals surface area contributed by atoms with Crippen LogP contribution in [0.3, 0.4) is 0 Å². The lowest BCUT2D eigenvalue weighted by Gasteiger charge is -2.12. The molecular weight excluding hydrogens is 402 g/mol. The Bertz CT molecular complexity index is 1240. The topological polar surface area (TPSA) is 84.5 Å². The van der Waals surface area contributed by atoms with E-state index in [9.17, 15) is 22.0 Å². The molecule has 2 N–H and O–H groups in total. The van der Waals surface area contributed by atoms with E-state index in [1.54, 1.807) is 12.1 Å². The van der Waals surface area contributed by atoms with Gasteiger partial charge in [0.05, 0.1) is 11.3 Å². The summed E-state index contributed by atoms with van der Waals surface area (Å²) in [6, 6.07) is 12.0. The summed E-state index contributed by atoms with van der Waals surface area (Å²) < 4.78 is 60.5. The van der Waals surface area contributed by atoms with Gasteiger partial charge in [-0.3, -0.25) is 9.52 Å². The third kappa shape index (κ3) is 3.52. The lowest BCUT2D eigenvalue weighted by Crippen LogP contribution is -2.17. The summed E-state index contributed by atoms with van der Waals surface area (Å²) in [7, 11) is -4.56. The predicted octanol–water partition coefficient (Wildman–Crippen LogP) is 4.43. The number of benzene rings is 3. The van der Waals surface area contributed by atoms with Crippen molar-refractivity contribution in [2.45, 2.75) is 11.8 Å². The Balaban J connectivity index is 1.70. The van der Waals surface area contributed by atoms with Gasteiger partial charge in [-0.15, -0.1) is 0 Å². The normalized spacial score (nSPS) is 12.9. The molecule has 3 aromatic carbocycles. The van der Waals surface area contributed by atoms with E-state index >= 15 is 0 Å². The van der Waals surface area contributed by atoms with Gasteiger partial charge in [0.25, 0.3) is 15.9 Å². The largest absolute Gasteiger partial charge is 0.454 e. The van der Waals surface area contributed by atoms with Crippen LogP contribution in [-0.4, -0.2) is 14.3 Å². The van der Waals surface area contributed by atoms with E-state index in [2.05, 4.69) is 10.0 Å². The average Bonchev–Trinajstić information content (AvgIpc) is 2.77. The molecule has 1 heterocycles. The van der Waals surface area contributed by atoms with Crippen LogP contribution in [0.25, 0.3) is 0 Å². The molecule has 0 spiro atoms. The molecule has 29 heavy (non-hydrogen) atoms. The number of nitrogens with one attached hydrogen (secondary N) is 2. The van der Waals surface area contributed by atoms with Crippen molar-refractivity contribution in [3.63, 3.8) is 0 Å². The first-order valence-electron chi connectivity index (χ1n) is 8.45. The Morgan fingerprint density at radius 3 is 2.38 bits per heavy atom. The van der Waals surface area contributed by atoms with Crippen molar-refractivity contribution >= 4 is 27.3 Å². The van der Waals surface area contributed by atoms with Gasteiger partial charge in [-0.25, -0.2) is 17.2 Å². The molecule has 0 unspecified atom stereocenters. The number of sulfonamides is 1. The zero-order valence-electron chi connectivity index (χ0n) is 15.0. The van der Waals surface area contributed by atoms with Crippen LogP contribution in [-0.2, 0) is 10.0 Å². The lowest BCUT2D eigenvalue weighted by molar-refractivity contribution is 0.102. The van der Waals surface area contributed by atoms with Gasteiger partial charge in [-0.2, -0.15) is 0 Å². The molecule has 1 aliphatic heterocycles. The molecule has 4 rings (SSSR count). The summed E-state index contributed by atoms with van der Waals surface area (Å²) >= 11 is 0. The van der Waals surface area contributed by atoms with E-state index in [4.69, 9.17) is 4.74 Å². The number of rotatable bonds is 3. The molecular formula is C20H14F2N2O4S. The molecule has 0 bridgehead atoms. The Kier molecular flexibility index (Phi) is 4.46. The molecule has 3 aromatic rings. The van der Waals surface area contributed by atoms with Crippen LogP contribution in [0.15, 0.2) is 59.5 Å². The minimum Gasteiger partial charge on any atom is -0.454 e. The lowest BCUT2D eigenvalue weighted by atomic mass is 10.1. The van der Waals surface area contributed by atoms with Crippen LogP contribution in [0.5, 0.6) is 11.5 Å². The van der Waals surface area contributed by atoms with Crippen LogP contribution in [0.4, 0.5) is 20.2 Å². The molecule has 0 fully saturated rings. The van der Waals surface area contributed by atoms with Crippen LogP contribution in [0, 0.1) is 18.6 Å². The van der Waals surface area contributed by atoms with Gasteiger partial charge >= 0.3 is 0 Å². The van der Waals surface area contributed by atoms with Crippen LogP contribution < -0.4 is 14.8 Å². The van der Waals surface area contributed by atoms with Crippen molar-refractivity contribution in [3.8, 4) is 11.5 Å². The van der Waals surface area contributed by atoms with Gasteiger partial charge < -0.3 is 10.1 Å². The number of carbonyl (C=O) groups is 1. The summed E-state index contributed by atoms with van der Waals surface area (Å²) in [4.78, 5) is 11.5. The summed E-state index contributed by atoms with van der Waals surface area (Å²) in [5.74, 6) is -2.31. The Hall–Kier alpha value is -3.46. The molecule has 0 atom stereocenters. The molecule has 0 saturated heterocycles. The first-order chi connectivity index (χ1) is 13.7. The second kappa shape index (κ2) is 6.85. The zero-order valence-corrected chi connectivity index (χ0v) is 15.8. The fraction of sp³-hybridized carbons (Fsp3) is 0.0500. The monoisotopic (exact) mass is 416 g/mol. The molecule has 0 radical (unpaired) electrons. The number of amides is 1. The number of hydrogen-bond acceptors (Lipinski definition) is 4. The summed E-state index contributed by atoms with van der Waals surface area (Å²) in [6.07, 6.45) is 0. The minimum absolute atomic E-state index is 0.0488. The second-order valence-corrected chi connectivity index (χ2v) is 8.04. The van der Waals surface area contributed by atoms with Crippen LogP contribution in [0.1, 0.15) is 15.9 Å². The second-order valence-electron chi connectivity index (χ2n) is 6.42. The average molecular weight is 416 g/mol. The highest BCUT2D eigenvalue weighted by molar-refractivity contribution is 7.92. The number of anilines is 2. The number of ether oxygens (including phenoxy) is 1. The maximum Gasteiger partial charge on any atom is 0.267 e. The van der Waals surface area contributed by atoms with Crippen molar-refractivity contribution in [3.05, 3.63) is 77.4 Å². The Morgan fingerprint density at radius 2 is 1.66 bits per heavy atom. The van der Waals surface area contributed by atoms with E-state index in [1.165, 1.54) is 18.2 Å². The smallest absolute Gasteiger partial charge is 0.267 e. The molecule has 1 aliphatic rings. The maximum atomic E-state index is 13.9. The van der Waals surface area contributed by atoms with E-state index in [0.29, 0.717) is 11.4 Å². The van der Waals surface area contributed by atoms with E-state index in [1.807, 2.05) is 13.0 Å². The molecule has 0 saturated carbocycles. The van der Waals surface area contributed by atoms with E-state index in [0.717, 1.165) is 23.8 Å². The zero-order chi connectivity index (χ0) is 20.8. The third-order valence-electron chi connectivity index (χ3n) is 4.27. The van der Waals surface area contributed by atoms with Gasteiger partial charge in [-0.05, 0) is 55.0 Å². The summed E-state index contributed by atoms with van der Waals surface area (Å²) in [5.41, 5.74) is 1.40. The van der Waals surface area contributed by atoms with Crippen molar-refractivity contribution in [2.24, 2.45) is 0 Å². The van der Waals surface area contributed by atoms with Crippen molar-refractivity contribution in [1.82, 2.24) is 0 Å². The third-order valence-corrected chi connectivity index (χ3v) is 5.70. The number of fused-ring (bicyclic) bond motifs is 2. The van der Waals surface area contributed by atoms with Crippen molar-refractivity contribution in [1.29, 1.82) is 0 Å². The van der Waals surface area contributed by atoms with Gasteiger partial charge in [0.1, 0.15) is 17.4 Å². The van der Waals surface area contributed by atoms with Gasteiger partial charge in [0.15, 0.2) is 10.6 Å². The van der Waals surface area contributed by atoms with Gasteiger partial charge in [0, 0.05) is 5.69 Å². The van der Waals surface area contributed by atoms with Crippen LogP contribution in [0.2, 0.25) is 0 Å². The van der Waals surface area contributed by atoms with Gasteiger partial charge in [0.2, 0.25) is 0 Å². The molecule has 6 nitrogen and oxygen atoms in total. The SMILES string of the molecule is Cc1ccc2c(c1)NC(=O)c1cc(NS(=O)(=O)c3c(F)cccc3F)ccc1O2. The van der Waals surface area contributed by atoms with Crippen LogP contribution >= 0.6 is 0 Å². The number of hydrogen-bond donors (Lipinski definition) is 2. The number of carbonyl (C=O) groups excluding carboxylic acids is 1. The molecule has 1 amide bonds. The first-order valence-corrected chi connectivity index (χ1v) is 9.94. The number of aryl methyl sites for hydroxylation is 1. The highest BCUT2D eigenvalue weighted by Crippen LogP contribution is 2.37. The molecule has 0 aromatic heterocycles. The molecule has 9 heteroatoms. The maximum absolute atomic E-state index is 13.9. The molecule has 0 aliphatic carbocycles. The fourth-order valence-electron chi connectivity index (χ4n) is 2.94. The standard InChI is InChI=1S/C20H14F2N2O4S/c1-11-5-7-18-16(9-11)23-20(25)13-10-12(6-8-17(13)28-18)24-29(26,27)19-14(21)3-2-4-15(19)22/h2-10,24H,1H3,(H,23,25). The number of halogens is 2. The predicted molar refractivity (Wildman–Crippen MR) is 103 cm³/mol. The summed E-state index contributed by atoms with van der Waals surface area (Å²) in [6.45, 7) is 1.86. The van der Waals surface area contributed by atoms with Crippen molar-refractivity contribution in [2.75, 3.05) is 10.0 Å². The Labute approximate surface area is 165 Å². The minimum atomic E-state index is -4.56. The highest BCUT2D eigenvalue weighted by Gasteiger charge is 2.26.